The van der Waals surface area contributed by atoms with E-state index in [9.17, 15) is 9.50 Å². The number of methoxy groups -OCH3 is 1. The minimum absolute atomic E-state index is 0.151. The highest BCUT2D eigenvalue weighted by Crippen LogP contribution is 2.34. The summed E-state index contributed by atoms with van der Waals surface area (Å²) in [7, 11) is 1.44. The molecule has 4 nitrogen and oxygen atoms in total. The molecular weight excluding hydrogens is 213 g/mol. The Kier molecular flexibility index (Phi) is 3.26. The number of phenols is 1. The Morgan fingerprint density at radius 3 is 3.00 bits per heavy atom. The highest BCUT2D eigenvalue weighted by Gasteiger charge is 2.24. The van der Waals surface area contributed by atoms with Crippen LogP contribution in [0.5, 0.6) is 11.5 Å². The van der Waals surface area contributed by atoms with Gasteiger partial charge in [0.15, 0.2) is 0 Å². The van der Waals surface area contributed by atoms with Gasteiger partial charge in [-0.1, -0.05) is 0 Å². The summed E-state index contributed by atoms with van der Waals surface area (Å²) in [6.07, 6.45) is -0.371. The lowest BCUT2D eigenvalue weighted by Crippen LogP contribution is -2.34. The van der Waals surface area contributed by atoms with Gasteiger partial charge in [-0.25, -0.2) is 4.39 Å². The Labute approximate surface area is 93.0 Å². The van der Waals surface area contributed by atoms with Crippen molar-refractivity contribution in [2.75, 3.05) is 26.8 Å². The molecule has 1 aliphatic rings. The van der Waals surface area contributed by atoms with Gasteiger partial charge in [-0.3, -0.25) is 0 Å². The van der Waals surface area contributed by atoms with Crippen LogP contribution in [0.1, 0.15) is 11.7 Å². The minimum Gasteiger partial charge on any atom is -0.508 e. The molecule has 0 spiro atoms. The molecule has 1 unspecified atom stereocenters. The molecule has 1 atom stereocenters. The van der Waals surface area contributed by atoms with Gasteiger partial charge in [-0.2, -0.15) is 0 Å². The molecule has 1 aliphatic heterocycles. The third kappa shape index (κ3) is 2.10. The molecule has 16 heavy (non-hydrogen) atoms. The summed E-state index contributed by atoms with van der Waals surface area (Å²) in [5.74, 6) is -0.349. The molecule has 1 aromatic carbocycles. The first-order valence-electron chi connectivity index (χ1n) is 5.11. The summed E-state index contributed by atoms with van der Waals surface area (Å²) < 4.78 is 24.3. The maximum atomic E-state index is 13.7. The minimum atomic E-state index is -0.509. The van der Waals surface area contributed by atoms with E-state index in [2.05, 4.69) is 5.32 Å². The fourth-order valence-electron chi connectivity index (χ4n) is 1.81. The van der Waals surface area contributed by atoms with E-state index in [-0.39, 0.29) is 11.9 Å². The third-order valence-corrected chi connectivity index (χ3v) is 2.55. The zero-order chi connectivity index (χ0) is 11.5. The lowest BCUT2D eigenvalue weighted by molar-refractivity contribution is 0.0239. The average molecular weight is 227 g/mol. The SMILES string of the molecule is COc1cc(O)cc(F)c1C1CNCCO1. The normalized spacial score (nSPS) is 20.8. The van der Waals surface area contributed by atoms with E-state index >= 15 is 0 Å². The molecule has 0 saturated carbocycles. The number of morpholine rings is 1. The zero-order valence-corrected chi connectivity index (χ0v) is 9.00. The predicted molar refractivity (Wildman–Crippen MR) is 56.2 cm³/mol. The second-order valence-electron chi connectivity index (χ2n) is 3.61. The summed E-state index contributed by atoms with van der Waals surface area (Å²) in [6, 6.07) is 2.45. The third-order valence-electron chi connectivity index (χ3n) is 2.55. The van der Waals surface area contributed by atoms with Crippen molar-refractivity contribution >= 4 is 0 Å². The van der Waals surface area contributed by atoms with Crippen molar-refractivity contribution in [3.8, 4) is 11.5 Å². The molecule has 2 N–H and O–H groups in total. The largest absolute Gasteiger partial charge is 0.508 e. The number of hydrogen-bond donors (Lipinski definition) is 2. The Morgan fingerprint density at radius 2 is 2.38 bits per heavy atom. The van der Waals surface area contributed by atoms with Crippen LogP contribution >= 0.6 is 0 Å². The number of ether oxygens (including phenoxy) is 2. The molecule has 0 amide bonds. The van der Waals surface area contributed by atoms with Crippen molar-refractivity contribution in [3.05, 3.63) is 23.5 Å². The second-order valence-corrected chi connectivity index (χ2v) is 3.61. The maximum Gasteiger partial charge on any atom is 0.136 e. The van der Waals surface area contributed by atoms with Gasteiger partial charge in [0, 0.05) is 25.2 Å². The van der Waals surface area contributed by atoms with Crippen molar-refractivity contribution in [1.82, 2.24) is 5.32 Å². The fourth-order valence-corrected chi connectivity index (χ4v) is 1.81. The molecule has 0 aliphatic carbocycles. The molecule has 1 heterocycles. The summed E-state index contributed by atoms with van der Waals surface area (Å²) >= 11 is 0. The summed E-state index contributed by atoms with van der Waals surface area (Å²) in [4.78, 5) is 0. The maximum absolute atomic E-state index is 13.7. The van der Waals surface area contributed by atoms with Crippen LogP contribution in [-0.4, -0.2) is 31.9 Å². The highest BCUT2D eigenvalue weighted by molar-refractivity contribution is 5.42. The number of rotatable bonds is 2. The van der Waals surface area contributed by atoms with Gasteiger partial charge in [0.1, 0.15) is 23.4 Å². The van der Waals surface area contributed by atoms with Gasteiger partial charge in [-0.15, -0.1) is 0 Å². The van der Waals surface area contributed by atoms with Crippen LogP contribution in [-0.2, 0) is 4.74 Å². The first-order chi connectivity index (χ1) is 7.72. The van der Waals surface area contributed by atoms with Crippen molar-refractivity contribution in [3.63, 3.8) is 0 Å². The lowest BCUT2D eigenvalue weighted by atomic mass is 10.1. The average Bonchev–Trinajstić information content (AvgIpc) is 2.29. The molecule has 0 radical (unpaired) electrons. The lowest BCUT2D eigenvalue weighted by Gasteiger charge is -2.25. The molecule has 1 fully saturated rings. The zero-order valence-electron chi connectivity index (χ0n) is 9.00. The number of halogens is 1. The van der Waals surface area contributed by atoms with E-state index < -0.39 is 5.82 Å². The smallest absolute Gasteiger partial charge is 0.136 e. The van der Waals surface area contributed by atoms with Crippen LogP contribution in [0.25, 0.3) is 0 Å². The number of benzene rings is 1. The Hall–Kier alpha value is -1.33. The number of phenolic OH excluding ortho intramolecular Hbond substituents is 1. The van der Waals surface area contributed by atoms with Crippen LogP contribution in [0, 0.1) is 5.82 Å². The van der Waals surface area contributed by atoms with E-state index in [1.807, 2.05) is 0 Å². The van der Waals surface area contributed by atoms with Gasteiger partial charge in [0.25, 0.3) is 0 Å². The fraction of sp³-hybridized carbons (Fsp3) is 0.455. The Bertz CT molecular complexity index is 378. The summed E-state index contributed by atoms with van der Waals surface area (Å²) in [5.41, 5.74) is 0.354. The molecule has 2 rings (SSSR count). The second kappa shape index (κ2) is 4.67. The molecule has 0 bridgehead atoms. The molecular formula is C11H14FNO3. The summed E-state index contributed by atoms with van der Waals surface area (Å²) in [6.45, 7) is 1.84. The van der Waals surface area contributed by atoms with E-state index in [1.165, 1.54) is 13.2 Å². The molecule has 1 aromatic rings. The van der Waals surface area contributed by atoms with Crippen molar-refractivity contribution < 1.29 is 19.0 Å². The number of nitrogens with one attached hydrogen (secondary N) is 1. The van der Waals surface area contributed by atoms with Gasteiger partial charge in [0.2, 0.25) is 0 Å². The molecule has 88 valence electrons. The van der Waals surface area contributed by atoms with Crippen molar-refractivity contribution in [2.24, 2.45) is 0 Å². The van der Waals surface area contributed by atoms with E-state index in [0.717, 1.165) is 12.6 Å². The van der Waals surface area contributed by atoms with Crippen LogP contribution in [0.3, 0.4) is 0 Å². The topological polar surface area (TPSA) is 50.7 Å². The molecule has 0 aromatic heterocycles. The van der Waals surface area contributed by atoms with Gasteiger partial charge in [0.05, 0.1) is 19.3 Å². The first-order valence-corrected chi connectivity index (χ1v) is 5.11. The van der Waals surface area contributed by atoms with Gasteiger partial charge < -0.3 is 19.9 Å². The van der Waals surface area contributed by atoms with Gasteiger partial charge >= 0.3 is 0 Å². The number of aromatic hydroxyl groups is 1. The molecule has 1 saturated heterocycles. The summed E-state index contributed by atoms with van der Waals surface area (Å²) in [5, 5.41) is 12.4. The Balaban J connectivity index is 2.37. The monoisotopic (exact) mass is 227 g/mol. The standard InChI is InChI=1S/C11H14FNO3/c1-15-9-5-7(14)4-8(12)11(9)10-6-13-2-3-16-10/h4-5,10,13-14H,2-3,6H2,1H3. The van der Waals surface area contributed by atoms with Crippen molar-refractivity contribution in [2.45, 2.75) is 6.10 Å². The van der Waals surface area contributed by atoms with Crippen molar-refractivity contribution in [1.29, 1.82) is 0 Å². The van der Waals surface area contributed by atoms with Crippen LogP contribution < -0.4 is 10.1 Å². The molecule has 5 heteroatoms. The predicted octanol–water partition coefficient (Wildman–Crippen LogP) is 1.20. The number of hydrogen-bond acceptors (Lipinski definition) is 4. The van der Waals surface area contributed by atoms with Crippen LogP contribution in [0.2, 0.25) is 0 Å². The quantitative estimate of drug-likeness (QED) is 0.797. The van der Waals surface area contributed by atoms with Gasteiger partial charge in [-0.05, 0) is 0 Å². The first kappa shape index (κ1) is 11.2. The highest BCUT2D eigenvalue weighted by atomic mass is 19.1. The van der Waals surface area contributed by atoms with Crippen LogP contribution in [0.15, 0.2) is 12.1 Å². The van der Waals surface area contributed by atoms with Crippen LogP contribution in [0.4, 0.5) is 4.39 Å². The van der Waals surface area contributed by atoms with E-state index in [1.54, 1.807) is 0 Å². The van der Waals surface area contributed by atoms with E-state index in [4.69, 9.17) is 9.47 Å². The Morgan fingerprint density at radius 1 is 1.56 bits per heavy atom. The van der Waals surface area contributed by atoms with E-state index in [0.29, 0.717) is 24.5 Å².